The Morgan fingerprint density at radius 1 is 1.53 bits per heavy atom. The van der Waals surface area contributed by atoms with Gasteiger partial charge in [0, 0.05) is 25.2 Å². The van der Waals surface area contributed by atoms with Gasteiger partial charge in [-0.05, 0) is 12.5 Å². The van der Waals surface area contributed by atoms with E-state index in [1.165, 1.54) is 12.1 Å². The topological polar surface area (TPSA) is 102 Å². The van der Waals surface area contributed by atoms with E-state index in [0.29, 0.717) is 6.54 Å². The number of nitro benzene ring substituents is 1. The van der Waals surface area contributed by atoms with Gasteiger partial charge in [0.05, 0.1) is 11.5 Å². The Kier molecular flexibility index (Phi) is 4.08. The third-order valence-electron chi connectivity index (χ3n) is 3.05. The minimum atomic E-state index is -0.513. The van der Waals surface area contributed by atoms with Gasteiger partial charge in [-0.25, -0.2) is 0 Å². The van der Waals surface area contributed by atoms with Crippen molar-refractivity contribution in [3.05, 3.63) is 34.4 Å². The molecule has 7 nitrogen and oxygen atoms in total. The predicted octanol–water partition coefficient (Wildman–Crippen LogP) is 0.566. The number of hydrogen-bond acceptors (Lipinski definition) is 5. The van der Waals surface area contributed by atoms with E-state index >= 15 is 0 Å². The molecule has 19 heavy (non-hydrogen) atoms. The van der Waals surface area contributed by atoms with Gasteiger partial charge in [-0.2, -0.15) is 0 Å². The van der Waals surface area contributed by atoms with Crippen molar-refractivity contribution in [3.63, 3.8) is 0 Å². The molecule has 3 N–H and O–H groups in total. The van der Waals surface area contributed by atoms with Gasteiger partial charge in [-0.1, -0.05) is 12.1 Å². The molecule has 1 aromatic rings. The van der Waals surface area contributed by atoms with Crippen LogP contribution in [0.2, 0.25) is 0 Å². The Hall–Kier alpha value is -1.99. The number of benzene rings is 1. The van der Waals surface area contributed by atoms with Gasteiger partial charge < -0.3 is 11.1 Å². The molecule has 0 unspecified atom stereocenters. The molecule has 0 saturated carbocycles. The minimum absolute atomic E-state index is 0.103. The minimum Gasteiger partial charge on any atom is -0.326 e. The number of anilines is 1. The summed E-state index contributed by atoms with van der Waals surface area (Å²) in [5, 5.41) is 13.4. The molecule has 1 amide bonds. The lowest BCUT2D eigenvalue weighted by atomic mass is 10.2. The number of nitrogens with one attached hydrogen (secondary N) is 1. The maximum Gasteiger partial charge on any atom is 0.292 e. The largest absolute Gasteiger partial charge is 0.326 e. The smallest absolute Gasteiger partial charge is 0.292 e. The first-order valence-corrected chi connectivity index (χ1v) is 6.07. The first-order valence-electron chi connectivity index (χ1n) is 6.07. The lowest BCUT2D eigenvalue weighted by Crippen LogP contribution is -2.33. The molecule has 0 aromatic heterocycles. The van der Waals surface area contributed by atoms with Crippen molar-refractivity contribution >= 4 is 17.3 Å². The first-order chi connectivity index (χ1) is 9.06. The molecule has 7 heteroatoms. The van der Waals surface area contributed by atoms with Crippen molar-refractivity contribution < 1.29 is 9.72 Å². The second-order valence-electron chi connectivity index (χ2n) is 4.61. The highest BCUT2D eigenvalue weighted by molar-refractivity contribution is 5.94. The van der Waals surface area contributed by atoms with Crippen LogP contribution in [0.25, 0.3) is 0 Å². The van der Waals surface area contributed by atoms with Crippen molar-refractivity contribution in [1.29, 1.82) is 0 Å². The van der Waals surface area contributed by atoms with Gasteiger partial charge in [-0.15, -0.1) is 0 Å². The van der Waals surface area contributed by atoms with E-state index in [1.54, 1.807) is 12.1 Å². The van der Waals surface area contributed by atoms with Crippen LogP contribution in [-0.2, 0) is 4.79 Å². The summed E-state index contributed by atoms with van der Waals surface area (Å²) in [6, 6.07) is 6.20. The number of nitro groups is 1. The molecule has 1 fully saturated rings. The molecule has 1 saturated heterocycles. The molecule has 1 atom stereocenters. The number of para-hydroxylation sites is 2. The average Bonchev–Trinajstić information content (AvgIpc) is 2.75. The molecule has 0 radical (unpaired) electrons. The number of hydrogen-bond donors (Lipinski definition) is 2. The van der Waals surface area contributed by atoms with E-state index in [4.69, 9.17) is 5.73 Å². The summed E-state index contributed by atoms with van der Waals surface area (Å²) in [5.41, 5.74) is 5.87. The van der Waals surface area contributed by atoms with Crippen molar-refractivity contribution in [3.8, 4) is 0 Å². The quantitative estimate of drug-likeness (QED) is 0.611. The van der Waals surface area contributed by atoms with Crippen LogP contribution in [0.4, 0.5) is 11.4 Å². The van der Waals surface area contributed by atoms with Gasteiger partial charge in [-0.3, -0.25) is 19.8 Å². The molecule has 0 bridgehead atoms. The van der Waals surface area contributed by atoms with E-state index in [9.17, 15) is 14.9 Å². The number of nitrogens with two attached hydrogens (primary N) is 1. The van der Waals surface area contributed by atoms with Gasteiger partial charge >= 0.3 is 0 Å². The molecule has 2 rings (SSSR count). The first kappa shape index (κ1) is 13.4. The zero-order chi connectivity index (χ0) is 13.8. The number of carbonyl (C=O) groups is 1. The van der Waals surface area contributed by atoms with Crippen LogP contribution >= 0.6 is 0 Å². The molecule has 0 aliphatic carbocycles. The van der Waals surface area contributed by atoms with Gasteiger partial charge in [0.1, 0.15) is 5.69 Å². The number of nitrogens with zero attached hydrogens (tertiary/aromatic N) is 2. The molecule has 0 spiro atoms. The number of amides is 1. The lowest BCUT2D eigenvalue weighted by molar-refractivity contribution is -0.383. The fourth-order valence-corrected chi connectivity index (χ4v) is 2.14. The summed E-state index contributed by atoms with van der Waals surface area (Å²) in [7, 11) is 0. The maximum absolute atomic E-state index is 11.8. The highest BCUT2D eigenvalue weighted by atomic mass is 16.6. The Balaban J connectivity index is 1.97. The zero-order valence-corrected chi connectivity index (χ0v) is 10.4. The maximum atomic E-state index is 11.8. The summed E-state index contributed by atoms with van der Waals surface area (Å²) >= 11 is 0. The summed E-state index contributed by atoms with van der Waals surface area (Å²) in [5.74, 6) is -0.261. The Labute approximate surface area is 110 Å². The summed E-state index contributed by atoms with van der Waals surface area (Å²) < 4.78 is 0. The normalized spacial score (nSPS) is 19.3. The van der Waals surface area contributed by atoms with Gasteiger partial charge in [0.15, 0.2) is 0 Å². The Bertz CT molecular complexity index is 492. The average molecular weight is 264 g/mol. The van der Waals surface area contributed by atoms with Crippen molar-refractivity contribution in [2.75, 3.05) is 25.0 Å². The highest BCUT2D eigenvalue weighted by Crippen LogP contribution is 2.23. The number of likely N-dealkylation sites (tertiary alicyclic amines) is 1. The third-order valence-corrected chi connectivity index (χ3v) is 3.05. The van der Waals surface area contributed by atoms with Crippen LogP contribution in [0.5, 0.6) is 0 Å². The van der Waals surface area contributed by atoms with Crippen LogP contribution in [0.3, 0.4) is 0 Å². The van der Waals surface area contributed by atoms with Crippen molar-refractivity contribution in [2.24, 2.45) is 5.73 Å². The van der Waals surface area contributed by atoms with Crippen LogP contribution in [0, 0.1) is 10.1 Å². The van der Waals surface area contributed by atoms with E-state index in [-0.39, 0.29) is 29.9 Å². The van der Waals surface area contributed by atoms with E-state index < -0.39 is 4.92 Å². The molecule has 1 aliphatic heterocycles. The lowest BCUT2D eigenvalue weighted by Gasteiger charge is -2.14. The molecule has 1 aliphatic rings. The summed E-state index contributed by atoms with van der Waals surface area (Å²) in [4.78, 5) is 24.1. The molecule has 102 valence electrons. The SMILES string of the molecule is N[C@H]1CCN(CC(=O)Nc2ccccc2[N+](=O)[O-])C1. The molecular formula is C12H16N4O3. The number of rotatable bonds is 4. The molecule has 1 heterocycles. The zero-order valence-electron chi connectivity index (χ0n) is 10.4. The van der Waals surface area contributed by atoms with Crippen LogP contribution in [0.1, 0.15) is 6.42 Å². The fourth-order valence-electron chi connectivity index (χ4n) is 2.14. The fraction of sp³-hybridized carbons (Fsp3) is 0.417. The molecule has 1 aromatic carbocycles. The Morgan fingerprint density at radius 3 is 2.89 bits per heavy atom. The standard InChI is InChI=1S/C12H16N4O3/c13-9-5-6-15(7-9)8-12(17)14-10-3-1-2-4-11(10)16(18)19/h1-4,9H,5-8,13H2,(H,14,17)/t9-/m0/s1. The predicted molar refractivity (Wildman–Crippen MR) is 70.8 cm³/mol. The monoisotopic (exact) mass is 264 g/mol. The second kappa shape index (κ2) is 5.77. The molecular weight excluding hydrogens is 248 g/mol. The summed E-state index contributed by atoms with van der Waals surface area (Å²) in [6.45, 7) is 1.68. The van der Waals surface area contributed by atoms with Crippen molar-refractivity contribution in [1.82, 2.24) is 4.90 Å². The summed E-state index contributed by atoms with van der Waals surface area (Å²) in [6.07, 6.45) is 0.874. The van der Waals surface area contributed by atoms with Gasteiger partial charge in [0.25, 0.3) is 5.69 Å². The Morgan fingerprint density at radius 2 is 2.26 bits per heavy atom. The highest BCUT2D eigenvalue weighted by Gasteiger charge is 2.22. The second-order valence-corrected chi connectivity index (χ2v) is 4.61. The third kappa shape index (κ3) is 3.49. The van der Waals surface area contributed by atoms with E-state index in [2.05, 4.69) is 5.32 Å². The van der Waals surface area contributed by atoms with Crippen LogP contribution in [0.15, 0.2) is 24.3 Å². The van der Waals surface area contributed by atoms with Crippen LogP contribution < -0.4 is 11.1 Å². The number of carbonyl (C=O) groups excluding carboxylic acids is 1. The van der Waals surface area contributed by atoms with E-state index in [1.807, 2.05) is 4.90 Å². The van der Waals surface area contributed by atoms with Crippen molar-refractivity contribution in [2.45, 2.75) is 12.5 Å². The van der Waals surface area contributed by atoms with E-state index in [0.717, 1.165) is 13.0 Å². The van der Waals surface area contributed by atoms with Crippen LogP contribution in [-0.4, -0.2) is 41.4 Å². The van der Waals surface area contributed by atoms with Gasteiger partial charge in [0.2, 0.25) is 5.91 Å².